The van der Waals surface area contributed by atoms with Crippen LogP contribution in [0, 0.1) is 0 Å². The Bertz CT molecular complexity index is 285. The summed E-state index contributed by atoms with van der Waals surface area (Å²) in [4.78, 5) is 4.01. The van der Waals surface area contributed by atoms with Crippen LogP contribution in [0.3, 0.4) is 0 Å². The van der Waals surface area contributed by atoms with Crippen LogP contribution >= 0.6 is 11.6 Å². The zero-order valence-corrected chi connectivity index (χ0v) is 8.04. The fraction of sp³-hybridized carbons (Fsp3) is 0.500. The maximum absolute atomic E-state index is 9.65. The topological polar surface area (TPSA) is 33.1 Å². The van der Waals surface area contributed by atoms with E-state index < -0.39 is 0 Å². The summed E-state index contributed by atoms with van der Waals surface area (Å²) in [5.41, 5.74) is 1.11. The molecule has 2 atom stereocenters. The molecule has 2 nitrogen and oxygen atoms in total. The number of halogens is 1. The van der Waals surface area contributed by atoms with Crippen LogP contribution in [0.15, 0.2) is 18.3 Å². The molecule has 1 fully saturated rings. The van der Waals surface area contributed by atoms with Gasteiger partial charge in [0.15, 0.2) is 0 Å². The van der Waals surface area contributed by atoms with Gasteiger partial charge in [-0.15, -0.1) is 0 Å². The molecule has 0 saturated heterocycles. The van der Waals surface area contributed by atoms with Gasteiger partial charge in [-0.3, -0.25) is 0 Å². The predicted molar refractivity (Wildman–Crippen MR) is 51.8 cm³/mol. The molecule has 70 valence electrons. The maximum Gasteiger partial charge on any atom is 0.129 e. The van der Waals surface area contributed by atoms with Crippen molar-refractivity contribution < 1.29 is 5.11 Å². The summed E-state index contributed by atoms with van der Waals surface area (Å²) in [6.45, 7) is 0. The molecule has 1 aromatic rings. The molecule has 1 aromatic heterocycles. The Morgan fingerprint density at radius 2 is 2.23 bits per heavy atom. The van der Waals surface area contributed by atoms with Crippen molar-refractivity contribution in [3.63, 3.8) is 0 Å². The van der Waals surface area contributed by atoms with E-state index in [4.69, 9.17) is 11.6 Å². The Hall–Kier alpha value is -0.600. The number of pyridine rings is 1. The zero-order chi connectivity index (χ0) is 9.26. The van der Waals surface area contributed by atoms with E-state index in [0.717, 1.165) is 24.8 Å². The minimum absolute atomic E-state index is 0.192. The van der Waals surface area contributed by atoms with Crippen molar-refractivity contribution in [1.29, 1.82) is 0 Å². The van der Waals surface area contributed by atoms with Gasteiger partial charge in [-0.1, -0.05) is 24.1 Å². The van der Waals surface area contributed by atoms with Crippen LogP contribution in [0.5, 0.6) is 0 Å². The fourth-order valence-corrected chi connectivity index (χ4v) is 2.05. The van der Waals surface area contributed by atoms with Gasteiger partial charge in [0, 0.05) is 12.1 Å². The predicted octanol–water partition coefficient (Wildman–Crippen LogP) is 2.36. The monoisotopic (exact) mass is 197 g/mol. The fourth-order valence-electron chi connectivity index (χ4n) is 1.94. The Balaban J connectivity index is 2.20. The number of nitrogens with zero attached hydrogens (tertiary/aromatic N) is 1. The number of aliphatic hydroxyl groups excluding tert-OH is 1. The number of rotatable bonds is 1. The lowest BCUT2D eigenvalue weighted by atomic mass is 9.98. The lowest BCUT2D eigenvalue weighted by Gasteiger charge is -2.13. The van der Waals surface area contributed by atoms with Crippen LogP contribution < -0.4 is 0 Å². The van der Waals surface area contributed by atoms with Crippen LogP contribution in [-0.4, -0.2) is 16.2 Å². The minimum atomic E-state index is -0.192. The third-order valence-electron chi connectivity index (χ3n) is 2.66. The second-order valence-corrected chi connectivity index (χ2v) is 3.91. The smallest absolute Gasteiger partial charge is 0.129 e. The minimum Gasteiger partial charge on any atom is -0.392 e. The lowest BCUT2D eigenvalue weighted by molar-refractivity contribution is 0.163. The number of aromatic nitrogens is 1. The van der Waals surface area contributed by atoms with Crippen molar-refractivity contribution >= 4 is 11.6 Å². The summed E-state index contributed by atoms with van der Waals surface area (Å²) in [7, 11) is 0. The summed E-state index contributed by atoms with van der Waals surface area (Å²) in [6, 6.07) is 3.73. The molecule has 1 aliphatic carbocycles. The second-order valence-electron chi connectivity index (χ2n) is 3.52. The molecule has 1 saturated carbocycles. The summed E-state index contributed by atoms with van der Waals surface area (Å²) in [6.07, 6.45) is 4.65. The van der Waals surface area contributed by atoms with Crippen molar-refractivity contribution in [2.75, 3.05) is 0 Å². The quantitative estimate of drug-likeness (QED) is 0.702. The van der Waals surface area contributed by atoms with Crippen LogP contribution in [0.4, 0.5) is 0 Å². The van der Waals surface area contributed by atoms with Gasteiger partial charge in [-0.25, -0.2) is 4.98 Å². The first-order chi connectivity index (χ1) is 6.27. The van der Waals surface area contributed by atoms with Gasteiger partial charge in [0.1, 0.15) is 5.15 Å². The highest BCUT2D eigenvalue weighted by atomic mass is 35.5. The summed E-state index contributed by atoms with van der Waals surface area (Å²) >= 11 is 5.68. The highest BCUT2D eigenvalue weighted by Gasteiger charge is 2.26. The Labute approximate surface area is 82.6 Å². The number of hydrogen-bond donors (Lipinski definition) is 1. The first-order valence-electron chi connectivity index (χ1n) is 4.57. The molecule has 2 rings (SSSR count). The third-order valence-corrected chi connectivity index (χ3v) is 2.88. The van der Waals surface area contributed by atoms with Gasteiger partial charge >= 0.3 is 0 Å². The Kier molecular flexibility index (Phi) is 2.51. The highest BCUT2D eigenvalue weighted by molar-refractivity contribution is 6.29. The summed E-state index contributed by atoms with van der Waals surface area (Å²) in [5.74, 6) is 0.268. The average Bonchev–Trinajstić information content (AvgIpc) is 2.53. The van der Waals surface area contributed by atoms with Gasteiger partial charge in [-0.05, 0) is 24.5 Å². The molecular formula is C10H12ClNO. The van der Waals surface area contributed by atoms with Gasteiger partial charge in [0.05, 0.1) is 6.10 Å². The van der Waals surface area contributed by atoms with Crippen LogP contribution in [0.2, 0.25) is 5.15 Å². The van der Waals surface area contributed by atoms with Gasteiger partial charge < -0.3 is 5.11 Å². The molecule has 0 bridgehead atoms. The Morgan fingerprint density at radius 3 is 2.77 bits per heavy atom. The number of hydrogen-bond acceptors (Lipinski definition) is 2. The third kappa shape index (κ3) is 1.84. The molecule has 1 unspecified atom stereocenters. The van der Waals surface area contributed by atoms with E-state index in [-0.39, 0.29) is 12.0 Å². The van der Waals surface area contributed by atoms with Crippen molar-refractivity contribution in [2.45, 2.75) is 31.3 Å². The van der Waals surface area contributed by atoms with Crippen LogP contribution in [0.25, 0.3) is 0 Å². The first-order valence-corrected chi connectivity index (χ1v) is 4.94. The van der Waals surface area contributed by atoms with E-state index in [2.05, 4.69) is 4.98 Å². The van der Waals surface area contributed by atoms with Crippen molar-refractivity contribution in [3.8, 4) is 0 Å². The maximum atomic E-state index is 9.65. The van der Waals surface area contributed by atoms with Gasteiger partial charge in [-0.2, -0.15) is 0 Å². The number of aliphatic hydroxyl groups is 1. The summed E-state index contributed by atoms with van der Waals surface area (Å²) in [5, 5.41) is 10.2. The van der Waals surface area contributed by atoms with E-state index in [1.54, 1.807) is 12.3 Å². The van der Waals surface area contributed by atoms with Crippen molar-refractivity contribution in [2.24, 2.45) is 0 Å². The van der Waals surface area contributed by atoms with E-state index in [0.29, 0.717) is 5.15 Å². The van der Waals surface area contributed by atoms with Crippen molar-refractivity contribution in [1.82, 2.24) is 4.98 Å². The molecule has 0 aromatic carbocycles. The Morgan fingerprint density at radius 1 is 1.38 bits per heavy atom. The van der Waals surface area contributed by atoms with Crippen LogP contribution in [-0.2, 0) is 0 Å². The molecule has 0 spiro atoms. The lowest BCUT2D eigenvalue weighted by Crippen LogP contribution is -2.10. The molecule has 3 heteroatoms. The highest BCUT2D eigenvalue weighted by Crippen LogP contribution is 2.34. The second kappa shape index (κ2) is 3.64. The SMILES string of the molecule is O[C@H]1CCCC1c1ccc(Cl)nc1. The van der Waals surface area contributed by atoms with Crippen molar-refractivity contribution in [3.05, 3.63) is 29.0 Å². The molecule has 1 aliphatic rings. The molecule has 0 amide bonds. The zero-order valence-electron chi connectivity index (χ0n) is 7.28. The molecular weight excluding hydrogens is 186 g/mol. The molecule has 1 heterocycles. The standard InChI is InChI=1S/C10H12ClNO/c11-10-5-4-7(6-12-10)8-2-1-3-9(8)13/h4-6,8-9,13H,1-3H2/t8?,9-/m0/s1. The van der Waals surface area contributed by atoms with E-state index in [9.17, 15) is 5.11 Å². The first kappa shape index (κ1) is 8.97. The molecule has 0 aliphatic heterocycles. The largest absolute Gasteiger partial charge is 0.392 e. The van der Waals surface area contributed by atoms with E-state index in [1.807, 2.05) is 6.07 Å². The van der Waals surface area contributed by atoms with Gasteiger partial charge in [0.25, 0.3) is 0 Å². The average molecular weight is 198 g/mol. The van der Waals surface area contributed by atoms with E-state index >= 15 is 0 Å². The van der Waals surface area contributed by atoms with E-state index in [1.165, 1.54) is 0 Å². The summed E-state index contributed by atoms with van der Waals surface area (Å²) < 4.78 is 0. The molecule has 1 N–H and O–H groups in total. The van der Waals surface area contributed by atoms with Crippen LogP contribution in [0.1, 0.15) is 30.7 Å². The molecule has 13 heavy (non-hydrogen) atoms. The molecule has 0 radical (unpaired) electrons. The normalized spacial score (nSPS) is 27.8. The van der Waals surface area contributed by atoms with Gasteiger partial charge in [0.2, 0.25) is 0 Å².